The highest BCUT2D eigenvalue weighted by Crippen LogP contribution is 2.33. The lowest BCUT2D eigenvalue weighted by Crippen LogP contribution is -2.15. The molecule has 0 spiro atoms. The van der Waals surface area contributed by atoms with Crippen molar-refractivity contribution in [2.75, 3.05) is 25.3 Å². The number of hydrogen-bond acceptors (Lipinski definition) is 6. The van der Waals surface area contributed by atoms with E-state index in [0.29, 0.717) is 51.8 Å². The number of aromatic nitrogens is 3. The average molecular weight is 472 g/mol. The summed E-state index contributed by atoms with van der Waals surface area (Å²) in [7, 11) is 3.12. The van der Waals surface area contributed by atoms with E-state index in [2.05, 4.69) is 11.4 Å². The molecule has 3 N–H and O–H groups in total. The van der Waals surface area contributed by atoms with Crippen LogP contribution in [0.5, 0.6) is 11.5 Å². The van der Waals surface area contributed by atoms with Gasteiger partial charge in [0, 0.05) is 18.3 Å². The van der Waals surface area contributed by atoms with Crippen molar-refractivity contribution < 1.29 is 14.3 Å². The molecule has 2 aromatic heterocycles. The zero-order chi connectivity index (χ0) is 24.4. The van der Waals surface area contributed by atoms with E-state index >= 15 is 0 Å². The molecule has 0 bridgehead atoms. The second-order valence-corrected chi connectivity index (χ2v) is 8.68. The van der Waals surface area contributed by atoms with Crippen molar-refractivity contribution in [3.8, 4) is 11.5 Å². The van der Waals surface area contributed by atoms with Crippen LogP contribution in [0.3, 0.4) is 0 Å². The molecule has 4 aromatic rings. The number of methoxy groups -OCH3 is 2. The Balaban J connectivity index is 1.55. The Morgan fingerprint density at radius 1 is 1.06 bits per heavy atom. The van der Waals surface area contributed by atoms with E-state index in [1.165, 1.54) is 18.4 Å². The van der Waals surface area contributed by atoms with Crippen LogP contribution in [-0.4, -0.2) is 34.7 Å². The van der Waals surface area contributed by atoms with Crippen LogP contribution in [0, 0.1) is 0 Å². The number of allylic oxidation sites excluding steroid dienone is 2. The minimum absolute atomic E-state index is 0.325. The summed E-state index contributed by atoms with van der Waals surface area (Å²) in [6.45, 7) is 0.644. The average Bonchev–Trinajstić information content (AvgIpc) is 3.16. The molecule has 0 saturated carbocycles. The Bertz CT molecular complexity index is 1440. The van der Waals surface area contributed by atoms with Crippen molar-refractivity contribution in [2.24, 2.45) is 0 Å². The number of fused-ring (bicyclic) bond motifs is 2. The maximum atomic E-state index is 13.5. The highest BCUT2D eigenvalue weighted by Gasteiger charge is 2.24. The lowest BCUT2D eigenvalue weighted by molar-refractivity contribution is 0.102. The lowest BCUT2D eigenvalue weighted by atomic mass is 9.97. The van der Waals surface area contributed by atoms with E-state index in [0.717, 1.165) is 24.8 Å². The van der Waals surface area contributed by atoms with Gasteiger partial charge in [0.2, 0.25) is 0 Å². The van der Waals surface area contributed by atoms with Crippen LogP contribution in [0.4, 0.5) is 11.5 Å². The number of nitrogens with zero attached hydrogens (tertiary/aromatic N) is 3. The van der Waals surface area contributed by atoms with Crippen LogP contribution in [0.15, 0.2) is 54.1 Å². The topological polar surface area (TPSA) is 104 Å². The summed E-state index contributed by atoms with van der Waals surface area (Å²) in [6.07, 6.45) is 7.91. The normalized spacial score (nSPS) is 13.6. The molecule has 0 atom stereocenters. The number of amides is 1. The number of para-hydroxylation sites is 2. The van der Waals surface area contributed by atoms with Crippen molar-refractivity contribution in [3.63, 3.8) is 0 Å². The standard InChI is InChI=1S/C27H29N5O3/c1-34-21-13-12-18(16-22(21)35-2)29-27(33)23-24-26(31-20-11-7-6-10-19(20)30-24)32(25(23)28)15-14-17-8-4-3-5-9-17/h6-8,10-13,16H,3-5,9,14-15,28H2,1-2H3,(H,29,33). The number of anilines is 2. The van der Waals surface area contributed by atoms with Crippen molar-refractivity contribution in [1.29, 1.82) is 0 Å². The minimum atomic E-state index is -0.347. The smallest absolute Gasteiger partial charge is 0.261 e. The van der Waals surface area contributed by atoms with E-state index < -0.39 is 0 Å². The summed E-state index contributed by atoms with van der Waals surface area (Å²) in [4.78, 5) is 23.1. The van der Waals surface area contributed by atoms with Gasteiger partial charge in [-0.3, -0.25) is 4.79 Å². The molecule has 5 rings (SSSR count). The van der Waals surface area contributed by atoms with Gasteiger partial charge >= 0.3 is 0 Å². The Morgan fingerprint density at radius 3 is 2.54 bits per heavy atom. The first-order chi connectivity index (χ1) is 17.1. The van der Waals surface area contributed by atoms with Crippen LogP contribution in [0.1, 0.15) is 42.5 Å². The Labute approximate surface area is 203 Å². The molecular formula is C27H29N5O3. The molecule has 1 aliphatic carbocycles. The fourth-order valence-corrected chi connectivity index (χ4v) is 4.66. The number of nitrogens with two attached hydrogens (primary N) is 1. The number of hydrogen-bond donors (Lipinski definition) is 2. The van der Waals surface area contributed by atoms with E-state index in [4.69, 9.17) is 25.2 Å². The van der Waals surface area contributed by atoms with Crippen LogP contribution >= 0.6 is 0 Å². The fraction of sp³-hybridized carbons (Fsp3) is 0.296. The van der Waals surface area contributed by atoms with Crippen molar-refractivity contribution >= 4 is 39.6 Å². The van der Waals surface area contributed by atoms with Gasteiger partial charge in [0.1, 0.15) is 16.9 Å². The number of carbonyl (C=O) groups excluding carboxylic acids is 1. The minimum Gasteiger partial charge on any atom is -0.493 e. The SMILES string of the molecule is COc1ccc(NC(=O)c2c(N)n(CCC3=CCCCC3)c3nc4ccccc4nc23)cc1OC. The summed E-state index contributed by atoms with van der Waals surface area (Å²) in [5.41, 5.74) is 11.5. The van der Waals surface area contributed by atoms with Gasteiger partial charge in [-0.25, -0.2) is 9.97 Å². The monoisotopic (exact) mass is 471 g/mol. The molecule has 0 radical (unpaired) electrons. The van der Waals surface area contributed by atoms with Gasteiger partial charge < -0.3 is 25.1 Å². The molecule has 0 fully saturated rings. The zero-order valence-electron chi connectivity index (χ0n) is 20.0. The number of carbonyl (C=O) groups is 1. The summed E-state index contributed by atoms with van der Waals surface area (Å²) < 4.78 is 12.6. The van der Waals surface area contributed by atoms with Gasteiger partial charge in [0.15, 0.2) is 17.1 Å². The third kappa shape index (κ3) is 4.39. The number of rotatable bonds is 7. The van der Waals surface area contributed by atoms with Crippen LogP contribution < -0.4 is 20.5 Å². The summed E-state index contributed by atoms with van der Waals surface area (Å²) in [5, 5.41) is 2.94. The first kappa shape index (κ1) is 22.7. The van der Waals surface area contributed by atoms with Crippen molar-refractivity contribution in [1.82, 2.24) is 14.5 Å². The van der Waals surface area contributed by atoms with Gasteiger partial charge in [0.25, 0.3) is 5.91 Å². The van der Waals surface area contributed by atoms with Crippen molar-refractivity contribution in [2.45, 2.75) is 38.6 Å². The summed E-state index contributed by atoms with van der Waals surface area (Å²) in [6, 6.07) is 12.8. The summed E-state index contributed by atoms with van der Waals surface area (Å²) >= 11 is 0. The number of nitrogen functional groups attached to an aromatic ring is 1. The number of aryl methyl sites for hydroxylation is 1. The summed E-state index contributed by atoms with van der Waals surface area (Å²) in [5.74, 6) is 1.12. The van der Waals surface area contributed by atoms with Gasteiger partial charge in [-0.15, -0.1) is 0 Å². The Kier molecular flexibility index (Phi) is 6.27. The zero-order valence-corrected chi connectivity index (χ0v) is 20.0. The van der Waals surface area contributed by atoms with Crippen LogP contribution in [-0.2, 0) is 6.54 Å². The molecule has 35 heavy (non-hydrogen) atoms. The lowest BCUT2D eigenvalue weighted by Gasteiger charge is -2.14. The van der Waals surface area contributed by atoms with E-state index in [1.54, 1.807) is 32.4 Å². The van der Waals surface area contributed by atoms with Gasteiger partial charge in [0.05, 0.1) is 25.3 Å². The van der Waals surface area contributed by atoms with Gasteiger partial charge in [-0.2, -0.15) is 0 Å². The maximum absolute atomic E-state index is 13.5. The molecule has 0 unspecified atom stereocenters. The predicted octanol–water partition coefficient (Wildman–Crippen LogP) is 5.33. The van der Waals surface area contributed by atoms with Gasteiger partial charge in [-0.05, 0) is 56.4 Å². The fourth-order valence-electron chi connectivity index (χ4n) is 4.66. The molecular weight excluding hydrogens is 442 g/mol. The molecule has 2 heterocycles. The molecule has 2 aromatic carbocycles. The van der Waals surface area contributed by atoms with Crippen LogP contribution in [0.2, 0.25) is 0 Å². The van der Waals surface area contributed by atoms with E-state index in [1.807, 2.05) is 28.8 Å². The second kappa shape index (κ2) is 9.66. The van der Waals surface area contributed by atoms with Gasteiger partial charge in [-0.1, -0.05) is 23.8 Å². The highest BCUT2D eigenvalue weighted by molar-refractivity contribution is 6.16. The number of ether oxygens (including phenoxy) is 2. The molecule has 0 saturated heterocycles. The predicted molar refractivity (Wildman–Crippen MR) is 138 cm³/mol. The molecule has 1 amide bonds. The second-order valence-electron chi connectivity index (χ2n) is 8.68. The van der Waals surface area contributed by atoms with Crippen molar-refractivity contribution in [3.05, 3.63) is 59.7 Å². The Hall–Kier alpha value is -4.07. The Morgan fingerprint density at radius 2 is 1.83 bits per heavy atom. The number of benzene rings is 2. The van der Waals surface area contributed by atoms with E-state index in [9.17, 15) is 4.79 Å². The first-order valence-electron chi connectivity index (χ1n) is 11.8. The molecule has 180 valence electrons. The number of nitrogens with one attached hydrogen (secondary N) is 1. The largest absolute Gasteiger partial charge is 0.493 e. The first-order valence-corrected chi connectivity index (χ1v) is 11.8. The molecule has 0 aliphatic heterocycles. The molecule has 8 heteroatoms. The maximum Gasteiger partial charge on any atom is 0.261 e. The highest BCUT2D eigenvalue weighted by atomic mass is 16.5. The molecule has 1 aliphatic rings. The third-order valence-electron chi connectivity index (χ3n) is 6.50. The van der Waals surface area contributed by atoms with Crippen LogP contribution in [0.25, 0.3) is 22.2 Å². The quantitative estimate of drug-likeness (QED) is 0.353. The van der Waals surface area contributed by atoms with E-state index in [-0.39, 0.29) is 5.91 Å². The molecule has 8 nitrogen and oxygen atoms in total. The third-order valence-corrected chi connectivity index (χ3v) is 6.50.